The summed E-state index contributed by atoms with van der Waals surface area (Å²) in [6.07, 6.45) is 1.32. The standard InChI is InChI=1S/C13H22N4/c1-10-6-11(2)9-17(8-10)13-5-4-12(7-14-3)15-16-13/h4-5,10-11,14H,6-9H2,1-3H3. The molecule has 0 spiro atoms. The van der Waals surface area contributed by atoms with E-state index in [2.05, 4.69) is 46.4 Å². The Balaban J connectivity index is 2.06. The number of nitrogens with zero attached hydrogens (tertiary/aromatic N) is 3. The molecule has 94 valence electrons. The van der Waals surface area contributed by atoms with Crippen LogP contribution in [0.1, 0.15) is 26.0 Å². The molecule has 1 aromatic rings. The van der Waals surface area contributed by atoms with Gasteiger partial charge in [0.2, 0.25) is 0 Å². The Morgan fingerprint density at radius 1 is 1.24 bits per heavy atom. The number of hydrogen-bond acceptors (Lipinski definition) is 4. The van der Waals surface area contributed by atoms with Gasteiger partial charge in [-0.1, -0.05) is 13.8 Å². The van der Waals surface area contributed by atoms with E-state index in [0.29, 0.717) is 0 Å². The summed E-state index contributed by atoms with van der Waals surface area (Å²) in [4.78, 5) is 2.36. The average molecular weight is 234 g/mol. The van der Waals surface area contributed by atoms with Gasteiger partial charge in [0.1, 0.15) is 0 Å². The van der Waals surface area contributed by atoms with E-state index in [9.17, 15) is 0 Å². The topological polar surface area (TPSA) is 41.0 Å². The predicted octanol–water partition coefficient (Wildman–Crippen LogP) is 1.68. The van der Waals surface area contributed by atoms with Crippen molar-refractivity contribution >= 4 is 5.82 Å². The Morgan fingerprint density at radius 3 is 2.47 bits per heavy atom. The Morgan fingerprint density at radius 2 is 1.94 bits per heavy atom. The molecule has 0 bridgehead atoms. The van der Waals surface area contributed by atoms with Gasteiger partial charge >= 0.3 is 0 Å². The second-order valence-corrected chi connectivity index (χ2v) is 5.26. The van der Waals surface area contributed by atoms with Gasteiger partial charge < -0.3 is 10.2 Å². The Hall–Kier alpha value is -1.16. The van der Waals surface area contributed by atoms with Crippen LogP contribution in [0.15, 0.2) is 12.1 Å². The van der Waals surface area contributed by atoms with Crippen LogP contribution in [0, 0.1) is 11.8 Å². The average Bonchev–Trinajstić information content (AvgIpc) is 2.29. The number of hydrogen-bond donors (Lipinski definition) is 1. The van der Waals surface area contributed by atoms with Gasteiger partial charge in [0, 0.05) is 19.6 Å². The highest BCUT2D eigenvalue weighted by Crippen LogP contribution is 2.24. The van der Waals surface area contributed by atoms with Gasteiger partial charge in [0.05, 0.1) is 5.69 Å². The third-order valence-electron chi connectivity index (χ3n) is 3.26. The molecule has 17 heavy (non-hydrogen) atoms. The summed E-state index contributed by atoms with van der Waals surface area (Å²) in [6, 6.07) is 4.15. The van der Waals surface area contributed by atoms with E-state index >= 15 is 0 Å². The molecule has 1 saturated heterocycles. The molecular weight excluding hydrogens is 212 g/mol. The molecule has 1 aliphatic rings. The highest BCUT2D eigenvalue weighted by Gasteiger charge is 2.22. The van der Waals surface area contributed by atoms with Gasteiger partial charge in [-0.25, -0.2) is 0 Å². The zero-order valence-electron chi connectivity index (χ0n) is 11.0. The lowest BCUT2D eigenvalue weighted by molar-refractivity contribution is 0.355. The first-order valence-corrected chi connectivity index (χ1v) is 6.41. The molecule has 2 atom stereocenters. The van der Waals surface area contributed by atoms with E-state index in [0.717, 1.165) is 43.0 Å². The molecule has 1 N–H and O–H groups in total. The second-order valence-electron chi connectivity index (χ2n) is 5.26. The monoisotopic (exact) mass is 234 g/mol. The SMILES string of the molecule is CNCc1ccc(N2CC(C)CC(C)C2)nn1. The first-order valence-electron chi connectivity index (χ1n) is 6.41. The van der Waals surface area contributed by atoms with E-state index in [1.54, 1.807) is 0 Å². The van der Waals surface area contributed by atoms with Crippen molar-refractivity contribution < 1.29 is 0 Å². The Kier molecular flexibility index (Phi) is 3.94. The zero-order chi connectivity index (χ0) is 12.3. The summed E-state index contributed by atoms with van der Waals surface area (Å²) in [5.74, 6) is 2.51. The van der Waals surface area contributed by atoms with Gasteiger partial charge in [-0.05, 0) is 37.4 Å². The van der Waals surface area contributed by atoms with Crippen molar-refractivity contribution in [2.75, 3.05) is 25.0 Å². The minimum atomic E-state index is 0.748. The quantitative estimate of drug-likeness (QED) is 0.864. The van der Waals surface area contributed by atoms with Crippen LogP contribution < -0.4 is 10.2 Å². The van der Waals surface area contributed by atoms with Gasteiger partial charge in [-0.2, -0.15) is 5.10 Å². The number of anilines is 1. The van der Waals surface area contributed by atoms with Crippen LogP contribution in [0.25, 0.3) is 0 Å². The fraction of sp³-hybridized carbons (Fsp3) is 0.692. The van der Waals surface area contributed by atoms with E-state index < -0.39 is 0 Å². The molecule has 1 aromatic heterocycles. The molecule has 1 aliphatic heterocycles. The van der Waals surface area contributed by atoms with Crippen molar-refractivity contribution in [1.82, 2.24) is 15.5 Å². The van der Waals surface area contributed by atoms with Crippen molar-refractivity contribution in [3.05, 3.63) is 17.8 Å². The summed E-state index contributed by atoms with van der Waals surface area (Å²) in [5.41, 5.74) is 0.995. The number of rotatable bonds is 3. The zero-order valence-corrected chi connectivity index (χ0v) is 11.0. The molecule has 0 amide bonds. The molecule has 0 radical (unpaired) electrons. The van der Waals surface area contributed by atoms with E-state index in [1.807, 2.05) is 7.05 Å². The summed E-state index contributed by atoms with van der Waals surface area (Å²) in [7, 11) is 1.92. The smallest absolute Gasteiger partial charge is 0.151 e. The largest absolute Gasteiger partial charge is 0.355 e. The molecule has 2 rings (SSSR count). The number of piperidine rings is 1. The van der Waals surface area contributed by atoms with Crippen molar-refractivity contribution in [3.63, 3.8) is 0 Å². The highest BCUT2D eigenvalue weighted by atomic mass is 15.3. The van der Waals surface area contributed by atoms with Crippen LogP contribution in [-0.2, 0) is 6.54 Å². The van der Waals surface area contributed by atoms with Crippen LogP contribution in [-0.4, -0.2) is 30.3 Å². The maximum atomic E-state index is 4.33. The van der Waals surface area contributed by atoms with Crippen molar-refractivity contribution in [1.29, 1.82) is 0 Å². The first kappa shape index (κ1) is 12.3. The molecule has 0 aliphatic carbocycles. The third-order valence-corrected chi connectivity index (χ3v) is 3.26. The summed E-state index contributed by atoms with van der Waals surface area (Å²) in [6.45, 7) is 7.60. The normalized spacial score (nSPS) is 25.0. The third kappa shape index (κ3) is 3.16. The molecule has 4 nitrogen and oxygen atoms in total. The minimum absolute atomic E-state index is 0.748. The fourth-order valence-corrected chi connectivity index (χ4v) is 2.65. The van der Waals surface area contributed by atoms with Gasteiger partial charge in [0.25, 0.3) is 0 Å². The van der Waals surface area contributed by atoms with E-state index in [1.165, 1.54) is 6.42 Å². The number of nitrogens with one attached hydrogen (secondary N) is 1. The first-order chi connectivity index (χ1) is 8.19. The summed E-state index contributed by atoms with van der Waals surface area (Å²) in [5, 5.41) is 11.6. The predicted molar refractivity (Wildman–Crippen MR) is 70.0 cm³/mol. The molecular formula is C13H22N4. The maximum Gasteiger partial charge on any atom is 0.151 e. The molecule has 0 aromatic carbocycles. The lowest BCUT2D eigenvalue weighted by Gasteiger charge is -2.35. The van der Waals surface area contributed by atoms with Crippen molar-refractivity contribution in [2.24, 2.45) is 11.8 Å². The second kappa shape index (κ2) is 5.45. The molecule has 1 fully saturated rings. The van der Waals surface area contributed by atoms with Crippen LogP contribution >= 0.6 is 0 Å². The van der Waals surface area contributed by atoms with E-state index in [4.69, 9.17) is 0 Å². The lowest BCUT2D eigenvalue weighted by atomic mass is 9.92. The molecule has 0 saturated carbocycles. The highest BCUT2D eigenvalue weighted by molar-refractivity contribution is 5.38. The molecule has 4 heteroatoms. The van der Waals surface area contributed by atoms with Crippen LogP contribution in [0.2, 0.25) is 0 Å². The van der Waals surface area contributed by atoms with Crippen LogP contribution in [0.5, 0.6) is 0 Å². The summed E-state index contributed by atoms with van der Waals surface area (Å²) >= 11 is 0. The molecule has 2 unspecified atom stereocenters. The van der Waals surface area contributed by atoms with Gasteiger partial charge in [-0.3, -0.25) is 0 Å². The Labute approximate surface area is 103 Å². The van der Waals surface area contributed by atoms with E-state index in [-0.39, 0.29) is 0 Å². The molecule has 2 heterocycles. The minimum Gasteiger partial charge on any atom is -0.355 e. The Bertz CT molecular complexity index is 339. The maximum absolute atomic E-state index is 4.33. The van der Waals surface area contributed by atoms with Crippen molar-refractivity contribution in [3.8, 4) is 0 Å². The van der Waals surface area contributed by atoms with Gasteiger partial charge in [0.15, 0.2) is 5.82 Å². The van der Waals surface area contributed by atoms with Crippen molar-refractivity contribution in [2.45, 2.75) is 26.8 Å². The van der Waals surface area contributed by atoms with Gasteiger partial charge in [-0.15, -0.1) is 5.10 Å². The van der Waals surface area contributed by atoms with Crippen LogP contribution in [0.4, 0.5) is 5.82 Å². The lowest BCUT2D eigenvalue weighted by Crippen LogP contribution is -2.39. The summed E-state index contributed by atoms with van der Waals surface area (Å²) < 4.78 is 0. The van der Waals surface area contributed by atoms with Crippen LogP contribution in [0.3, 0.4) is 0 Å². The number of aromatic nitrogens is 2. The fourth-order valence-electron chi connectivity index (χ4n) is 2.65.